The summed E-state index contributed by atoms with van der Waals surface area (Å²) in [4.78, 5) is 25.1. The second-order valence-electron chi connectivity index (χ2n) is 7.22. The van der Waals surface area contributed by atoms with Gasteiger partial charge in [-0.25, -0.2) is 17.5 Å². The molecular formula is C19H21F3N2O5S. The number of carbonyl (C=O) groups is 2. The zero-order valence-electron chi connectivity index (χ0n) is 16.4. The van der Waals surface area contributed by atoms with Crippen molar-refractivity contribution >= 4 is 27.6 Å². The lowest BCUT2D eigenvalue weighted by Gasteiger charge is -2.38. The molecule has 0 radical (unpaired) electrons. The Hall–Kier alpha value is -2.40. The van der Waals surface area contributed by atoms with Crippen molar-refractivity contribution in [3.63, 3.8) is 0 Å². The number of alkyl halides is 3. The molecule has 1 N–H and O–H groups in total. The number of piperidine rings is 1. The summed E-state index contributed by atoms with van der Waals surface area (Å²) in [5.74, 6) is -1.52. The lowest BCUT2D eigenvalue weighted by atomic mass is 9.83. The van der Waals surface area contributed by atoms with Crippen LogP contribution < -0.4 is 5.32 Å². The van der Waals surface area contributed by atoms with E-state index in [1.165, 1.54) is 30.3 Å². The number of ether oxygens (including phenoxy) is 1. The topological polar surface area (TPSA) is 92.8 Å². The molecule has 2 aliphatic heterocycles. The van der Waals surface area contributed by atoms with Crippen LogP contribution in [0.15, 0.2) is 35.4 Å². The maximum atomic E-state index is 12.9. The molecule has 1 aromatic rings. The third kappa shape index (κ3) is 4.08. The third-order valence-corrected chi connectivity index (χ3v) is 7.27. The fourth-order valence-electron chi connectivity index (χ4n) is 3.75. The number of hydrogen-bond donors (Lipinski definition) is 1. The van der Waals surface area contributed by atoms with E-state index in [9.17, 15) is 31.2 Å². The molecule has 0 aliphatic carbocycles. The highest BCUT2D eigenvalue weighted by molar-refractivity contribution is 7.89. The van der Waals surface area contributed by atoms with Gasteiger partial charge in [0.05, 0.1) is 16.9 Å². The highest BCUT2D eigenvalue weighted by Gasteiger charge is 2.51. The smallest absolute Gasteiger partial charge is 0.416 e. The van der Waals surface area contributed by atoms with Crippen molar-refractivity contribution in [2.45, 2.75) is 38.5 Å². The minimum atomic E-state index is -4.57. The standard InChI is InChI=1S/C19H21F3N2O5S/c1-3-30(27,28)24-9-7-18(8-10-24)15(12(2)17(26)29-18)16(25)23-14-6-4-5-13(11-14)19(20,21)22/h4-6,11H,3,7-10H2,1-2H3,(H,23,25). The molecule has 0 atom stereocenters. The van der Waals surface area contributed by atoms with Crippen LogP contribution in [0.25, 0.3) is 0 Å². The Morgan fingerprint density at radius 3 is 2.47 bits per heavy atom. The predicted octanol–water partition coefficient (Wildman–Crippen LogP) is 2.70. The summed E-state index contributed by atoms with van der Waals surface area (Å²) in [7, 11) is -3.43. The highest BCUT2D eigenvalue weighted by Crippen LogP contribution is 2.42. The van der Waals surface area contributed by atoms with Crippen LogP contribution in [0.4, 0.5) is 18.9 Å². The number of hydrogen-bond acceptors (Lipinski definition) is 5. The van der Waals surface area contributed by atoms with Crippen LogP contribution in [0.5, 0.6) is 0 Å². The van der Waals surface area contributed by atoms with Gasteiger partial charge in [-0.2, -0.15) is 13.2 Å². The largest absolute Gasteiger partial charge is 0.450 e. The summed E-state index contributed by atoms with van der Waals surface area (Å²) < 4.78 is 69.7. The van der Waals surface area contributed by atoms with Crippen molar-refractivity contribution in [3.05, 3.63) is 41.0 Å². The number of amides is 1. The van der Waals surface area contributed by atoms with Gasteiger partial charge in [-0.05, 0) is 32.0 Å². The normalized spacial score (nSPS) is 19.8. The van der Waals surface area contributed by atoms with E-state index in [0.717, 1.165) is 12.1 Å². The molecule has 0 saturated carbocycles. The van der Waals surface area contributed by atoms with Gasteiger partial charge in [-0.15, -0.1) is 0 Å². The van der Waals surface area contributed by atoms with Gasteiger partial charge in [0.1, 0.15) is 5.60 Å². The molecule has 2 heterocycles. The fourth-order valence-corrected chi connectivity index (χ4v) is 4.86. The molecule has 1 saturated heterocycles. The Labute approximate surface area is 171 Å². The molecule has 2 aliphatic rings. The van der Waals surface area contributed by atoms with Gasteiger partial charge in [0.2, 0.25) is 10.0 Å². The van der Waals surface area contributed by atoms with Gasteiger partial charge in [-0.1, -0.05) is 6.07 Å². The summed E-state index contributed by atoms with van der Waals surface area (Å²) in [6, 6.07) is 4.16. The van der Waals surface area contributed by atoms with Gasteiger partial charge in [0.15, 0.2) is 0 Å². The lowest BCUT2D eigenvalue weighted by molar-refractivity contribution is -0.149. The van der Waals surface area contributed by atoms with Crippen LogP contribution in [-0.2, 0) is 30.5 Å². The minimum absolute atomic E-state index is 0.0264. The number of halogens is 3. The van der Waals surface area contributed by atoms with E-state index in [1.807, 2.05) is 0 Å². The number of anilines is 1. The molecule has 11 heteroatoms. The van der Waals surface area contributed by atoms with Crippen LogP contribution in [0, 0.1) is 0 Å². The highest BCUT2D eigenvalue weighted by atomic mass is 32.2. The first-order valence-corrected chi connectivity index (χ1v) is 10.9. The zero-order valence-corrected chi connectivity index (χ0v) is 17.2. The van der Waals surface area contributed by atoms with Crippen LogP contribution >= 0.6 is 0 Å². The van der Waals surface area contributed by atoms with Gasteiger partial charge in [0.25, 0.3) is 5.91 Å². The second kappa shape index (κ2) is 7.69. The SMILES string of the molecule is CCS(=O)(=O)N1CCC2(CC1)OC(=O)C(C)=C2C(=O)Nc1cccc(C(F)(F)F)c1. The Morgan fingerprint density at radius 2 is 1.90 bits per heavy atom. The van der Waals surface area contributed by atoms with Crippen LogP contribution in [0.1, 0.15) is 32.3 Å². The molecular weight excluding hydrogens is 425 g/mol. The number of sulfonamides is 1. The quantitative estimate of drug-likeness (QED) is 0.718. The molecule has 164 valence electrons. The van der Waals surface area contributed by atoms with E-state index >= 15 is 0 Å². The summed E-state index contributed by atoms with van der Waals surface area (Å²) in [5, 5.41) is 2.41. The van der Waals surface area contributed by atoms with Crippen molar-refractivity contribution in [2.24, 2.45) is 0 Å². The lowest BCUT2D eigenvalue weighted by Crippen LogP contribution is -2.49. The second-order valence-corrected chi connectivity index (χ2v) is 9.47. The van der Waals surface area contributed by atoms with E-state index in [-0.39, 0.29) is 48.5 Å². The van der Waals surface area contributed by atoms with Crippen LogP contribution in [-0.4, -0.2) is 49.0 Å². The van der Waals surface area contributed by atoms with E-state index in [4.69, 9.17) is 4.74 Å². The molecule has 1 fully saturated rings. The summed E-state index contributed by atoms with van der Waals surface area (Å²) in [5.41, 5.74) is -2.20. The molecule has 3 rings (SSSR count). The molecule has 1 aromatic carbocycles. The fraction of sp³-hybridized carbons (Fsp3) is 0.474. The van der Waals surface area contributed by atoms with Crippen molar-refractivity contribution in [3.8, 4) is 0 Å². The minimum Gasteiger partial charge on any atom is -0.450 e. The Balaban J connectivity index is 1.85. The molecule has 0 bridgehead atoms. The summed E-state index contributed by atoms with van der Waals surface area (Å²) in [6.07, 6.45) is -4.40. The summed E-state index contributed by atoms with van der Waals surface area (Å²) in [6.45, 7) is 3.06. The van der Waals surface area contributed by atoms with E-state index in [0.29, 0.717) is 0 Å². The maximum absolute atomic E-state index is 12.9. The molecule has 1 spiro atoms. The average Bonchev–Trinajstić information content (AvgIpc) is 2.91. The number of nitrogens with one attached hydrogen (secondary N) is 1. The number of benzene rings is 1. The third-order valence-electron chi connectivity index (χ3n) is 5.39. The summed E-state index contributed by atoms with van der Waals surface area (Å²) >= 11 is 0. The van der Waals surface area contributed by atoms with Crippen molar-refractivity contribution in [1.82, 2.24) is 4.31 Å². The van der Waals surface area contributed by atoms with Gasteiger partial charge in [0, 0.05) is 37.2 Å². The first-order valence-electron chi connectivity index (χ1n) is 9.31. The van der Waals surface area contributed by atoms with Crippen molar-refractivity contribution < 1.29 is 35.9 Å². The Morgan fingerprint density at radius 1 is 1.27 bits per heavy atom. The number of carbonyl (C=O) groups excluding carboxylic acids is 2. The number of esters is 1. The van der Waals surface area contributed by atoms with E-state index < -0.39 is 39.2 Å². The first-order chi connectivity index (χ1) is 13.9. The molecule has 1 amide bonds. The molecule has 7 nitrogen and oxygen atoms in total. The molecule has 0 aromatic heterocycles. The van der Waals surface area contributed by atoms with Crippen molar-refractivity contribution in [2.75, 3.05) is 24.2 Å². The van der Waals surface area contributed by atoms with Gasteiger partial charge < -0.3 is 10.1 Å². The molecule has 30 heavy (non-hydrogen) atoms. The Kier molecular flexibility index (Phi) is 5.72. The van der Waals surface area contributed by atoms with E-state index in [1.54, 1.807) is 0 Å². The average molecular weight is 446 g/mol. The van der Waals surface area contributed by atoms with Crippen molar-refractivity contribution in [1.29, 1.82) is 0 Å². The van der Waals surface area contributed by atoms with Crippen LogP contribution in [0.3, 0.4) is 0 Å². The van der Waals surface area contributed by atoms with E-state index in [2.05, 4.69) is 5.32 Å². The monoisotopic (exact) mass is 446 g/mol. The van der Waals surface area contributed by atoms with Gasteiger partial charge in [-0.3, -0.25) is 4.79 Å². The number of rotatable bonds is 4. The predicted molar refractivity (Wildman–Crippen MR) is 102 cm³/mol. The van der Waals surface area contributed by atoms with Gasteiger partial charge >= 0.3 is 12.1 Å². The molecule has 0 unspecified atom stereocenters. The Bertz CT molecular complexity index is 1010. The zero-order chi connectivity index (χ0) is 22.3. The maximum Gasteiger partial charge on any atom is 0.416 e. The first kappa shape index (κ1) is 22.3. The van der Waals surface area contributed by atoms with Crippen LogP contribution in [0.2, 0.25) is 0 Å². The number of nitrogens with zero attached hydrogens (tertiary/aromatic N) is 1.